The molecule has 2 saturated heterocycles. The Morgan fingerprint density at radius 1 is 1.11 bits per heavy atom. The minimum Gasteiger partial charge on any atom is -0.455 e. The first-order chi connectivity index (χ1) is 35.1. The van der Waals surface area contributed by atoms with Crippen molar-refractivity contribution in [2.45, 2.75) is 50.8 Å². The molecule has 2 aliphatic heterocycles. The van der Waals surface area contributed by atoms with E-state index in [0.717, 1.165) is 30.3 Å². The number of anilines is 2. The van der Waals surface area contributed by atoms with Crippen molar-refractivity contribution >= 4 is 61.2 Å². The third-order valence-electron chi connectivity index (χ3n) is 10.3. The van der Waals surface area contributed by atoms with Crippen molar-refractivity contribution in [2.24, 2.45) is 11.3 Å². The smallest absolute Gasteiger partial charge is 0.293 e. The van der Waals surface area contributed by atoms with Crippen LogP contribution in [0.3, 0.4) is 0 Å². The van der Waals surface area contributed by atoms with Gasteiger partial charge in [-0.15, -0.1) is 0 Å². The second kappa shape index (κ2) is 17.9. The molecular weight excluding hydrogens is 818 g/mol. The number of hydrogen-bond donors (Lipinski definition) is 3. The lowest BCUT2D eigenvalue weighted by Crippen LogP contribution is -2.47. The molecule has 3 aliphatic rings. The van der Waals surface area contributed by atoms with E-state index in [2.05, 4.69) is 15.3 Å². The van der Waals surface area contributed by atoms with E-state index in [1.54, 1.807) is 17.0 Å². The Balaban J connectivity index is 1.19. The van der Waals surface area contributed by atoms with Gasteiger partial charge in [-0.05, 0) is 103 Å². The summed E-state index contributed by atoms with van der Waals surface area (Å²) in [7, 11) is -5.04. The molecule has 1 unspecified atom stereocenters. The summed E-state index contributed by atoms with van der Waals surface area (Å²) in [6, 6.07) is 13.9. The van der Waals surface area contributed by atoms with E-state index in [-0.39, 0.29) is 69.0 Å². The molecule has 1 aliphatic carbocycles. The topological polar surface area (TPSA) is 172 Å². The first-order valence-electron chi connectivity index (χ1n) is 26.6. The van der Waals surface area contributed by atoms with Crippen molar-refractivity contribution in [3.8, 4) is 11.5 Å². The number of nitrogens with zero attached hydrogens (tertiary/aromatic N) is 4. The van der Waals surface area contributed by atoms with Crippen molar-refractivity contribution in [3.05, 3.63) is 117 Å². The first kappa shape index (κ1) is 27.5. The normalized spacial score (nSPS) is 26.9. The molecule has 3 aromatic carbocycles. The number of amides is 1. The predicted molar refractivity (Wildman–Crippen MR) is 237 cm³/mol. The number of carbonyl (C=O) groups is 1. The molecule has 8 rings (SSSR count). The second-order valence-electron chi connectivity index (χ2n) is 14.8. The van der Waals surface area contributed by atoms with E-state index in [0.29, 0.717) is 29.9 Å². The maximum atomic E-state index is 14.2. The number of hydrogen-bond acceptors (Lipinski definition) is 11. The molecule has 2 aromatic heterocycles. The van der Waals surface area contributed by atoms with Crippen molar-refractivity contribution in [1.29, 1.82) is 0 Å². The lowest BCUT2D eigenvalue weighted by Gasteiger charge is -2.39. The number of aromatic nitrogens is 2. The molecule has 16 heteroatoms. The van der Waals surface area contributed by atoms with E-state index in [1.165, 1.54) is 43.5 Å². The molecule has 0 bridgehead atoms. The molecule has 1 atom stereocenters. The van der Waals surface area contributed by atoms with Gasteiger partial charge in [0, 0.05) is 102 Å². The average molecular weight is 884 g/mol. The number of halogens is 1. The van der Waals surface area contributed by atoms with Gasteiger partial charge in [0.05, 0.1) is 27.1 Å². The molecule has 320 valence electrons. The third-order valence-corrected chi connectivity index (χ3v) is 11.8. The summed E-state index contributed by atoms with van der Waals surface area (Å²) in [6.45, 7) is -21.3. The highest BCUT2D eigenvalue weighted by Crippen LogP contribution is 2.43. The van der Waals surface area contributed by atoms with Gasteiger partial charge in [0.2, 0.25) is 0 Å². The fourth-order valence-corrected chi connectivity index (χ4v) is 8.09. The van der Waals surface area contributed by atoms with E-state index < -0.39 is 112 Å². The Bertz CT molecular complexity index is 3220. The van der Waals surface area contributed by atoms with E-state index in [4.69, 9.17) is 27.9 Å². The Labute approximate surface area is 381 Å². The molecule has 2 fully saturated rings. The van der Waals surface area contributed by atoms with Crippen LogP contribution in [0.2, 0.25) is 5.02 Å². The number of rotatable bonds is 13. The minimum atomic E-state index is -5.04. The molecule has 0 saturated carbocycles. The molecule has 5 aromatic rings. The standard InChI is InChI=1S/C45H50ClN7O7S/c1-45(2)15-11-33(39(26-45)31-3-5-34(46)6-4-31)29-51-17-19-52(20-18-51)35-7-9-38(42(24-35)60-36-23-32-12-16-47-43(32)49-28-36)44(54)50-61(57,58)37-8-10-40(41(25-37)53(55)56)48-27-30-13-21-59-22-14-30/h3-10,12,16,23-25,28,30,48H,11,13-15,17-22,26-27,29H2,1-2H3,(H,47,49)(H,50,54)/i1D3,17D2,18D2,19D2,20D2,27D2,29D2. The van der Waals surface area contributed by atoms with E-state index >= 15 is 0 Å². The number of nitrogens with one attached hydrogen (secondary N) is 3. The number of pyridine rings is 1. The van der Waals surface area contributed by atoms with Crippen LogP contribution in [0.4, 0.5) is 17.1 Å². The molecule has 1 amide bonds. The lowest BCUT2D eigenvalue weighted by atomic mass is 9.72. The number of sulfonamides is 1. The second-order valence-corrected chi connectivity index (χ2v) is 16.9. The van der Waals surface area contributed by atoms with Gasteiger partial charge in [0.1, 0.15) is 22.8 Å². The maximum absolute atomic E-state index is 14.2. The van der Waals surface area contributed by atoms with Crippen LogP contribution < -0.4 is 19.7 Å². The van der Waals surface area contributed by atoms with Crippen molar-refractivity contribution in [2.75, 3.05) is 62.4 Å². The number of allylic oxidation sites excluding steroid dienone is 1. The van der Waals surface area contributed by atoms with Crippen LogP contribution in [0.15, 0.2) is 95.7 Å². The zero-order valence-corrected chi connectivity index (χ0v) is 34.1. The largest absolute Gasteiger partial charge is 0.455 e. The minimum absolute atomic E-state index is 0.0457. The predicted octanol–water partition coefficient (Wildman–Crippen LogP) is 8.66. The number of benzene rings is 3. The van der Waals surface area contributed by atoms with Crippen molar-refractivity contribution in [1.82, 2.24) is 19.6 Å². The molecule has 3 N–H and O–H groups in total. The lowest BCUT2D eigenvalue weighted by molar-refractivity contribution is -0.384. The van der Waals surface area contributed by atoms with Crippen LogP contribution in [0.25, 0.3) is 16.6 Å². The van der Waals surface area contributed by atoms with Gasteiger partial charge in [-0.1, -0.05) is 43.1 Å². The average Bonchev–Trinajstić information content (AvgIpc) is 3.79. The van der Waals surface area contributed by atoms with E-state index in [9.17, 15) is 37.0 Å². The summed E-state index contributed by atoms with van der Waals surface area (Å²) in [4.78, 5) is 31.7. The van der Waals surface area contributed by atoms with Gasteiger partial charge in [-0.25, -0.2) is 18.1 Å². The summed E-state index contributed by atoms with van der Waals surface area (Å²) in [6.07, 6.45) is 2.43. The molecule has 0 spiro atoms. The summed E-state index contributed by atoms with van der Waals surface area (Å²) in [5, 5.41) is 15.5. The molecule has 14 nitrogen and oxygen atoms in total. The Kier molecular flexibility index (Phi) is 8.04. The van der Waals surface area contributed by atoms with Crippen LogP contribution in [0, 0.1) is 21.4 Å². The monoisotopic (exact) mass is 882 g/mol. The van der Waals surface area contributed by atoms with Gasteiger partial charge in [-0.3, -0.25) is 19.8 Å². The zero-order chi connectivity index (χ0) is 56.0. The summed E-state index contributed by atoms with van der Waals surface area (Å²) >= 11 is 6.16. The molecular formula is C45H50ClN7O7S. The quantitative estimate of drug-likeness (QED) is 0.0764. The Hall–Kier alpha value is -5.48. The number of ether oxygens (including phenoxy) is 2. The van der Waals surface area contributed by atoms with Gasteiger partial charge < -0.3 is 24.7 Å². The highest BCUT2D eigenvalue weighted by atomic mass is 35.5. The van der Waals surface area contributed by atoms with Crippen LogP contribution in [0.1, 0.15) is 82.4 Å². The zero-order valence-electron chi connectivity index (χ0n) is 47.5. The number of piperazine rings is 1. The molecule has 61 heavy (non-hydrogen) atoms. The molecule has 4 heterocycles. The molecule has 0 radical (unpaired) electrons. The fourth-order valence-electron chi connectivity index (χ4n) is 6.98. The van der Waals surface area contributed by atoms with Crippen LogP contribution in [-0.4, -0.2) is 86.3 Å². The maximum Gasteiger partial charge on any atom is 0.293 e. The van der Waals surface area contributed by atoms with E-state index in [1.807, 2.05) is 0 Å². The Morgan fingerprint density at radius 2 is 1.90 bits per heavy atom. The number of H-pyrrole nitrogens is 1. The number of fused-ring (bicyclic) bond motifs is 1. The van der Waals surface area contributed by atoms with Crippen LogP contribution in [-0.2, 0) is 14.8 Å². The van der Waals surface area contributed by atoms with Gasteiger partial charge in [-0.2, -0.15) is 0 Å². The third kappa shape index (κ3) is 10.0. The SMILES string of the molecule is [2H]C([2H])(Nc1ccc(S(=O)(=O)NC(=O)c2ccc(N3C([2H])([2H])C([2H])([2H])N(C([2H])([2H])C4=C(c5ccc(Cl)cc5)CC(C)(C([2H])([2H])[2H])CC4)C([2H])([2H])C3([2H])[2H])cc2Oc2cnc3[nH]ccc3c2)cc1[N+](=O)[O-])C1CCOCC1. The highest BCUT2D eigenvalue weighted by molar-refractivity contribution is 7.90. The fraction of sp³-hybridized carbons (Fsp3) is 0.378. The number of nitro benzene ring substituents is 1. The number of nitro groups is 1. The van der Waals surface area contributed by atoms with Gasteiger partial charge >= 0.3 is 0 Å². The summed E-state index contributed by atoms with van der Waals surface area (Å²) < 4.78 is 177. The summed E-state index contributed by atoms with van der Waals surface area (Å²) in [5.74, 6) is -2.83. The van der Waals surface area contributed by atoms with Crippen molar-refractivity contribution in [3.63, 3.8) is 0 Å². The van der Waals surface area contributed by atoms with Gasteiger partial charge in [0.15, 0.2) is 0 Å². The van der Waals surface area contributed by atoms with Crippen LogP contribution in [0.5, 0.6) is 11.5 Å². The van der Waals surface area contributed by atoms with Crippen LogP contribution >= 0.6 is 11.6 Å². The number of aromatic amines is 1. The van der Waals surface area contributed by atoms with Gasteiger partial charge in [0.25, 0.3) is 21.6 Å². The first-order valence-corrected chi connectivity index (χ1v) is 21.0. The number of carbonyl (C=O) groups excluding carboxylic acids is 1. The van der Waals surface area contributed by atoms with Crippen molar-refractivity contribution < 1.29 is 48.2 Å². The summed E-state index contributed by atoms with van der Waals surface area (Å²) in [5.41, 5.74) is -3.63. The Morgan fingerprint density at radius 3 is 2.66 bits per heavy atom. The highest BCUT2D eigenvalue weighted by Gasteiger charge is 2.31.